The van der Waals surface area contributed by atoms with Crippen molar-refractivity contribution < 1.29 is 19.0 Å². The number of H-pyrrole nitrogens is 1. The molecule has 0 saturated carbocycles. The molecule has 2 aromatic rings. The number of nitrogens with one attached hydrogen (secondary N) is 1. The number of aromatic nitrogens is 2. The Morgan fingerprint density at radius 1 is 1.00 bits per heavy atom. The Bertz CT molecular complexity index is 1050. The molecule has 182 valence electrons. The number of aromatic amines is 1. The molecule has 1 aromatic heterocycles. The molecule has 0 aliphatic rings. The topological polar surface area (TPSA) is 129 Å². The molecule has 1 heterocycles. The summed E-state index contributed by atoms with van der Waals surface area (Å²) in [6.45, 7) is 10.8. The first-order chi connectivity index (χ1) is 15.8. The Morgan fingerprint density at radius 2 is 1.58 bits per heavy atom. The minimum atomic E-state index is -0.721. The molecule has 1 amide bonds. The second kappa shape index (κ2) is 12.0. The summed E-state index contributed by atoms with van der Waals surface area (Å²) >= 11 is 0. The number of rotatable bonds is 12. The number of hydrogen-bond acceptors (Lipinski definition) is 7. The van der Waals surface area contributed by atoms with Gasteiger partial charge in [-0.2, -0.15) is 0 Å². The molecule has 10 heteroatoms. The van der Waals surface area contributed by atoms with Gasteiger partial charge in [-0.05, 0) is 46.2 Å². The van der Waals surface area contributed by atoms with Gasteiger partial charge in [-0.25, -0.2) is 4.79 Å². The number of nitrogens with zero attached hydrogens (tertiary/aromatic N) is 2. The lowest BCUT2D eigenvalue weighted by Crippen LogP contribution is -2.41. The summed E-state index contributed by atoms with van der Waals surface area (Å²) in [5.41, 5.74) is 5.06. The Hall–Kier alpha value is -3.43. The summed E-state index contributed by atoms with van der Waals surface area (Å²) < 4.78 is 18.4. The van der Waals surface area contributed by atoms with Gasteiger partial charge in [0.2, 0.25) is 5.75 Å². The molecule has 0 unspecified atom stereocenters. The van der Waals surface area contributed by atoms with Crippen LogP contribution in [-0.4, -0.2) is 41.8 Å². The fourth-order valence-corrected chi connectivity index (χ4v) is 3.45. The lowest BCUT2D eigenvalue weighted by Gasteiger charge is -2.24. The number of ether oxygens (including phenoxy) is 3. The molecule has 0 radical (unpaired) electrons. The van der Waals surface area contributed by atoms with Crippen molar-refractivity contribution in [3.8, 4) is 17.2 Å². The first-order valence-corrected chi connectivity index (χ1v) is 11.3. The normalized spacial score (nSPS) is 10.7. The smallest absolute Gasteiger partial charge is 0.330 e. The Balaban J connectivity index is 2.64. The first-order valence-electron chi connectivity index (χ1n) is 11.3. The zero-order chi connectivity index (χ0) is 24.5. The van der Waals surface area contributed by atoms with Crippen molar-refractivity contribution in [3.63, 3.8) is 0 Å². The van der Waals surface area contributed by atoms with Gasteiger partial charge in [0.05, 0.1) is 19.8 Å². The average Bonchev–Trinajstić information content (AvgIpc) is 2.78. The van der Waals surface area contributed by atoms with Crippen LogP contribution in [0.5, 0.6) is 17.2 Å². The minimum absolute atomic E-state index is 0.0478. The number of benzene rings is 1. The Kier molecular flexibility index (Phi) is 9.38. The SMILES string of the molecule is CCCCn1c(N)c(N(CC)C(=O)c2cc(OCC)c(OCC)c(OCC)c2)c(=O)[nH]c1=O. The quantitative estimate of drug-likeness (QED) is 0.496. The van der Waals surface area contributed by atoms with Gasteiger partial charge in [0.25, 0.3) is 11.5 Å². The van der Waals surface area contributed by atoms with Crippen molar-refractivity contribution in [2.75, 3.05) is 37.0 Å². The molecule has 1 aromatic carbocycles. The number of amides is 1. The zero-order valence-corrected chi connectivity index (χ0v) is 20.0. The molecular formula is C23H34N4O6. The number of carbonyl (C=O) groups excluding carboxylic acids is 1. The van der Waals surface area contributed by atoms with E-state index in [9.17, 15) is 14.4 Å². The van der Waals surface area contributed by atoms with Crippen molar-refractivity contribution in [1.29, 1.82) is 0 Å². The maximum Gasteiger partial charge on any atom is 0.330 e. The number of nitrogen functional groups attached to an aromatic ring is 1. The van der Waals surface area contributed by atoms with Gasteiger partial charge in [-0.15, -0.1) is 0 Å². The highest BCUT2D eigenvalue weighted by Crippen LogP contribution is 2.39. The summed E-state index contributed by atoms with van der Waals surface area (Å²) in [6, 6.07) is 3.11. The third kappa shape index (κ3) is 5.68. The van der Waals surface area contributed by atoms with Gasteiger partial charge >= 0.3 is 5.69 Å². The highest BCUT2D eigenvalue weighted by molar-refractivity contribution is 6.07. The van der Waals surface area contributed by atoms with Crippen LogP contribution in [0.2, 0.25) is 0 Å². The molecule has 0 saturated heterocycles. The molecule has 0 fully saturated rings. The second-order valence-electron chi connectivity index (χ2n) is 7.15. The lowest BCUT2D eigenvalue weighted by atomic mass is 10.1. The van der Waals surface area contributed by atoms with Crippen LogP contribution < -0.4 is 36.1 Å². The maximum absolute atomic E-state index is 13.6. The van der Waals surface area contributed by atoms with Crippen molar-refractivity contribution in [2.24, 2.45) is 0 Å². The van der Waals surface area contributed by atoms with E-state index in [1.165, 1.54) is 9.47 Å². The second-order valence-corrected chi connectivity index (χ2v) is 7.15. The largest absolute Gasteiger partial charge is 0.490 e. The first kappa shape index (κ1) is 25.8. The van der Waals surface area contributed by atoms with E-state index < -0.39 is 17.2 Å². The van der Waals surface area contributed by atoms with Crippen LogP contribution in [-0.2, 0) is 6.54 Å². The van der Waals surface area contributed by atoms with E-state index in [-0.39, 0.29) is 23.6 Å². The standard InChI is InChI=1S/C23H34N4O6/c1-6-11-12-27-20(24)18(21(28)25-23(27)30)26(7-2)22(29)15-13-16(31-8-3)19(33-10-5)17(14-15)32-9-4/h13-14H,6-12,24H2,1-5H3,(H,25,28,30). The van der Waals surface area contributed by atoms with Gasteiger partial charge in [0.1, 0.15) is 5.82 Å². The molecule has 0 aliphatic heterocycles. The minimum Gasteiger partial charge on any atom is -0.490 e. The van der Waals surface area contributed by atoms with E-state index in [4.69, 9.17) is 19.9 Å². The third-order valence-electron chi connectivity index (χ3n) is 4.94. The molecule has 0 bridgehead atoms. The lowest BCUT2D eigenvalue weighted by molar-refractivity contribution is 0.0986. The number of nitrogens with two attached hydrogens (primary N) is 1. The van der Waals surface area contributed by atoms with Crippen LogP contribution in [0.1, 0.15) is 57.8 Å². The Morgan fingerprint density at radius 3 is 2.06 bits per heavy atom. The van der Waals surface area contributed by atoms with E-state index >= 15 is 0 Å². The Labute approximate surface area is 193 Å². The summed E-state index contributed by atoms with van der Waals surface area (Å²) in [4.78, 5) is 42.0. The van der Waals surface area contributed by atoms with Crippen LogP contribution in [0.4, 0.5) is 11.5 Å². The molecule has 0 aliphatic carbocycles. The molecular weight excluding hydrogens is 428 g/mol. The van der Waals surface area contributed by atoms with Gasteiger partial charge in [0.15, 0.2) is 17.2 Å². The van der Waals surface area contributed by atoms with E-state index in [1.54, 1.807) is 19.1 Å². The molecule has 33 heavy (non-hydrogen) atoms. The highest BCUT2D eigenvalue weighted by Gasteiger charge is 2.26. The van der Waals surface area contributed by atoms with Gasteiger partial charge in [-0.1, -0.05) is 13.3 Å². The molecule has 0 atom stereocenters. The monoisotopic (exact) mass is 462 g/mol. The fraction of sp³-hybridized carbons (Fsp3) is 0.522. The molecule has 2 rings (SSSR count). The van der Waals surface area contributed by atoms with E-state index in [0.29, 0.717) is 50.0 Å². The van der Waals surface area contributed by atoms with Crippen molar-refractivity contribution in [3.05, 3.63) is 38.5 Å². The number of unbranched alkanes of at least 4 members (excludes halogenated alkanes) is 1. The van der Waals surface area contributed by atoms with Crippen LogP contribution in [0.15, 0.2) is 21.7 Å². The van der Waals surface area contributed by atoms with Crippen LogP contribution in [0.25, 0.3) is 0 Å². The van der Waals surface area contributed by atoms with Gasteiger partial charge in [0, 0.05) is 18.7 Å². The summed E-state index contributed by atoms with van der Waals surface area (Å²) in [5.74, 6) is 0.596. The third-order valence-corrected chi connectivity index (χ3v) is 4.94. The average molecular weight is 463 g/mol. The summed E-state index contributed by atoms with van der Waals surface area (Å²) in [7, 11) is 0. The number of carbonyl (C=O) groups is 1. The van der Waals surface area contributed by atoms with Crippen LogP contribution in [0.3, 0.4) is 0 Å². The van der Waals surface area contributed by atoms with E-state index in [0.717, 1.165) is 6.42 Å². The number of hydrogen-bond donors (Lipinski definition) is 2. The fourth-order valence-electron chi connectivity index (χ4n) is 3.45. The van der Waals surface area contributed by atoms with Crippen LogP contribution in [0, 0.1) is 0 Å². The number of anilines is 2. The predicted octanol–water partition coefficient (Wildman–Crippen LogP) is 2.78. The zero-order valence-electron chi connectivity index (χ0n) is 20.0. The van der Waals surface area contributed by atoms with Gasteiger partial charge < -0.3 is 24.8 Å². The van der Waals surface area contributed by atoms with E-state index in [1.807, 2.05) is 27.7 Å². The predicted molar refractivity (Wildman–Crippen MR) is 128 cm³/mol. The molecule has 0 spiro atoms. The van der Waals surface area contributed by atoms with Crippen LogP contribution >= 0.6 is 0 Å². The molecule has 3 N–H and O–H groups in total. The van der Waals surface area contributed by atoms with Crippen molar-refractivity contribution in [2.45, 2.75) is 54.0 Å². The van der Waals surface area contributed by atoms with Gasteiger partial charge in [-0.3, -0.25) is 19.1 Å². The summed E-state index contributed by atoms with van der Waals surface area (Å²) in [5, 5.41) is 0. The summed E-state index contributed by atoms with van der Waals surface area (Å²) in [6.07, 6.45) is 1.54. The molecule has 10 nitrogen and oxygen atoms in total. The van der Waals surface area contributed by atoms with Crippen molar-refractivity contribution >= 4 is 17.4 Å². The van der Waals surface area contributed by atoms with Crippen molar-refractivity contribution in [1.82, 2.24) is 9.55 Å². The van der Waals surface area contributed by atoms with E-state index in [2.05, 4.69) is 4.98 Å². The highest BCUT2D eigenvalue weighted by atomic mass is 16.5. The maximum atomic E-state index is 13.6.